The van der Waals surface area contributed by atoms with Crippen molar-refractivity contribution in [2.24, 2.45) is 11.8 Å². The predicted molar refractivity (Wildman–Crippen MR) is 109 cm³/mol. The van der Waals surface area contributed by atoms with Crippen LogP contribution in [0.3, 0.4) is 0 Å². The van der Waals surface area contributed by atoms with E-state index in [9.17, 15) is 17.6 Å². The maximum absolute atomic E-state index is 14.8. The first-order valence-electron chi connectivity index (χ1n) is 10.8. The summed E-state index contributed by atoms with van der Waals surface area (Å²) in [4.78, 5) is 0. The van der Waals surface area contributed by atoms with Crippen molar-refractivity contribution < 1.29 is 27.0 Å². The molecule has 2 nitrogen and oxygen atoms in total. The molecular formula is C24H30F4O2. The molecule has 30 heavy (non-hydrogen) atoms. The van der Waals surface area contributed by atoms with E-state index in [-0.39, 0.29) is 43.1 Å². The zero-order chi connectivity index (χ0) is 21.9. The zero-order valence-electron chi connectivity index (χ0n) is 17.8. The topological polar surface area (TPSA) is 18.5 Å². The fourth-order valence-corrected chi connectivity index (χ4v) is 4.96. The van der Waals surface area contributed by atoms with Crippen LogP contribution in [0.4, 0.5) is 17.6 Å². The molecule has 2 aliphatic rings. The van der Waals surface area contributed by atoms with Gasteiger partial charge in [0.1, 0.15) is 11.4 Å². The lowest BCUT2D eigenvalue weighted by molar-refractivity contribution is -0.0511. The Bertz CT molecular complexity index is 812. The van der Waals surface area contributed by atoms with E-state index >= 15 is 0 Å². The van der Waals surface area contributed by atoms with E-state index < -0.39 is 28.9 Å². The normalized spacial score (nSPS) is 28.0. The lowest BCUT2D eigenvalue weighted by Crippen LogP contribution is -2.43. The summed E-state index contributed by atoms with van der Waals surface area (Å²) in [5.41, 5.74) is -1.02. The standard InChI is InChI=1S/C24H30F4O2/c1-4-29-20-13-12-18(21(26)22(20)27)15(3)16-8-10-17(11-9-16)24(30-5-2)14-6-7-19(25)23(24)28/h6,12-17H,4-5,7-11H2,1-3H3. The molecule has 0 bridgehead atoms. The summed E-state index contributed by atoms with van der Waals surface area (Å²) in [7, 11) is 0. The van der Waals surface area contributed by atoms with Crippen LogP contribution < -0.4 is 4.74 Å². The van der Waals surface area contributed by atoms with Crippen LogP contribution in [-0.2, 0) is 4.74 Å². The average Bonchev–Trinajstić information content (AvgIpc) is 2.75. The molecule has 0 heterocycles. The fraction of sp³-hybridized carbons (Fsp3) is 0.583. The SMILES string of the molecule is CCOc1ccc(C(C)C2CCC(C3(OCC)C=CCC(F)=C3F)CC2)c(F)c1F. The minimum Gasteiger partial charge on any atom is -0.491 e. The first kappa shape index (κ1) is 22.9. The third-order valence-corrected chi connectivity index (χ3v) is 6.58. The Morgan fingerprint density at radius 1 is 1.00 bits per heavy atom. The highest BCUT2D eigenvalue weighted by atomic mass is 19.2. The van der Waals surface area contributed by atoms with Gasteiger partial charge in [0, 0.05) is 13.0 Å². The van der Waals surface area contributed by atoms with Gasteiger partial charge in [-0.05, 0) is 75.0 Å². The maximum atomic E-state index is 14.8. The van der Waals surface area contributed by atoms with Gasteiger partial charge in [-0.3, -0.25) is 0 Å². The van der Waals surface area contributed by atoms with Gasteiger partial charge in [-0.15, -0.1) is 0 Å². The van der Waals surface area contributed by atoms with Gasteiger partial charge >= 0.3 is 0 Å². The smallest absolute Gasteiger partial charge is 0.200 e. The molecule has 1 aromatic rings. The van der Waals surface area contributed by atoms with E-state index in [1.807, 2.05) is 6.92 Å². The number of allylic oxidation sites excluding steroid dienone is 2. The summed E-state index contributed by atoms with van der Waals surface area (Å²) >= 11 is 0. The Hall–Kier alpha value is -1.82. The molecule has 1 saturated carbocycles. The van der Waals surface area contributed by atoms with Gasteiger partial charge in [-0.25, -0.2) is 13.2 Å². The lowest BCUT2D eigenvalue weighted by atomic mass is 9.68. The van der Waals surface area contributed by atoms with Crippen LogP contribution in [0.5, 0.6) is 5.75 Å². The summed E-state index contributed by atoms with van der Waals surface area (Å²) in [5, 5.41) is 0. The minimum atomic E-state index is -1.35. The van der Waals surface area contributed by atoms with Gasteiger partial charge < -0.3 is 9.47 Å². The monoisotopic (exact) mass is 426 g/mol. The Balaban J connectivity index is 1.74. The Kier molecular flexibility index (Phi) is 7.27. The molecule has 3 rings (SSSR count). The fourth-order valence-electron chi connectivity index (χ4n) is 4.96. The molecule has 0 saturated heterocycles. The lowest BCUT2D eigenvalue weighted by Gasteiger charge is -2.43. The van der Waals surface area contributed by atoms with E-state index in [1.165, 1.54) is 6.07 Å². The van der Waals surface area contributed by atoms with Crippen LogP contribution in [-0.4, -0.2) is 18.8 Å². The summed E-state index contributed by atoms with van der Waals surface area (Å²) < 4.78 is 68.7. The Morgan fingerprint density at radius 2 is 1.70 bits per heavy atom. The minimum absolute atomic E-state index is 0.0460. The number of benzene rings is 1. The molecule has 2 unspecified atom stereocenters. The van der Waals surface area contributed by atoms with E-state index in [4.69, 9.17) is 9.47 Å². The molecule has 0 aromatic heterocycles. The molecule has 1 aromatic carbocycles. The third-order valence-electron chi connectivity index (χ3n) is 6.58. The van der Waals surface area contributed by atoms with Crippen LogP contribution in [0.1, 0.15) is 64.4 Å². The van der Waals surface area contributed by atoms with Gasteiger partial charge in [0.2, 0.25) is 5.82 Å². The van der Waals surface area contributed by atoms with Gasteiger partial charge in [0.05, 0.1) is 6.61 Å². The maximum Gasteiger partial charge on any atom is 0.200 e. The van der Waals surface area contributed by atoms with Crippen molar-refractivity contribution >= 4 is 0 Å². The number of halogens is 4. The van der Waals surface area contributed by atoms with E-state index in [1.54, 1.807) is 32.1 Å². The van der Waals surface area contributed by atoms with Crippen molar-refractivity contribution in [3.05, 3.63) is 53.1 Å². The number of rotatable bonds is 7. The quantitative estimate of drug-likeness (QED) is 0.340. The Morgan fingerprint density at radius 3 is 2.33 bits per heavy atom. The van der Waals surface area contributed by atoms with Crippen molar-refractivity contribution in [1.82, 2.24) is 0 Å². The molecule has 166 valence electrons. The third kappa shape index (κ3) is 4.16. The second-order valence-electron chi connectivity index (χ2n) is 8.17. The van der Waals surface area contributed by atoms with Gasteiger partial charge in [-0.2, -0.15) is 4.39 Å². The van der Waals surface area contributed by atoms with Crippen molar-refractivity contribution in [3.8, 4) is 5.75 Å². The molecule has 1 fully saturated rings. The van der Waals surface area contributed by atoms with Crippen LogP contribution >= 0.6 is 0 Å². The molecule has 6 heteroatoms. The molecule has 0 radical (unpaired) electrons. The number of ether oxygens (including phenoxy) is 2. The highest BCUT2D eigenvalue weighted by Gasteiger charge is 2.46. The van der Waals surface area contributed by atoms with E-state index in [2.05, 4.69) is 0 Å². The van der Waals surface area contributed by atoms with Crippen molar-refractivity contribution in [2.45, 2.75) is 64.4 Å². The van der Waals surface area contributed by atoms with E-state index in [0.717, 1.165) is 0 Å². The summed E-state index contributed by atoms with van der Waals surface area (Å²) in [6.07, 6.45) is 5.90. The van der Waals surface area contributed by atoms with Crippen LogP contribution in [0, 0.1) is 23.5 Å². The molecule has 0 spiro atoms. The first-order chi connectivity index (χ1) is 14.4. The van der Waals surface area contributed by atoms with Crippen LogP contribution in [0.2, 0.25) is 0 Å². The molecule has 0 aliphatic heterocycles. The summed E-state index contributed by atoms with van der Waals surface area (Å²) in [6.45, 7) is 5.91. The highest BCUT2D eigenvalue weighted by Crippen LogP contribution is 2.48. The molecule has 2 atom stereocenters. The molecule has 0 N–H and O–H groups in total. The second kappa shape index (κ2) is 9.54. The van der Waals surface area contributed by atoms with Crippen LogP contribution in [0.25, 0.3) is 0 Å². The summed E-state index contributed by atoms with van der Waals surface area (Å²) in [6, 6.07) is 3.06. The molecule has 0 amide bonds. The Labute approximate surface area is 175 Å². The van der Waals surface area contributed by atoms with Gasteiger partial charge in [0.15, 0.2) is 17.4 Å². The molecular weight excluding hydrogens is 396 g/mol. The average molecular weight is 426 g/mol. The van der Waals surface area contributed by atoms with Gasteiger partial charge in [-0.1, -0.05) is 19.1 Å². The van der Waals surface area contributed by atoms with Crippen molar-refractivity contribution in [3.63, 3.8) is 0 Å². The predicted octanol–water partition coefficient (Wildman–Crippen LogP) is 7.16. The summed E-state index contributed by atoms with van der Waals surface area (Å²) in [5.74, 6) is -3.76. The van der Waals surface area contributed by atoms with E-state index in [0.29, 0.717) is 31.2 Å². The largest absolute Gasteiger partial charge is 0.491 e. The van der Waals surface area contributed by atoms with Crippen LogP contribution in [0.15, 0.2) is 35.9 Å². The second-order valence-corrected chi connectivity index (χ2v) is 8.17. The number of hydrogen-bond donors (Lipinski definition) is 0. The zero-order valence-corrected chi connectivity index (χ0v) is 17.8. The van der Waals surface area contributed by atoms with Crippen molar-refractivity contribution in [2.75, 3.05) is 13.2 Å². The van der Waals surface area contributed by atoms with Crippen molar-refractivity contribution in [1.29, 1.82) is 0 Å². The first-order valence-corrected chi connectivity index (χ1v) is 10.8. The highest BCUT2D eigenvalue weighted by molar-refractivity contribution is 5.34. The molecule has 2 aliphatic carbocycles. The van der Waals surface area contributed by atoms with Gasteiger partial charge in [0.25, 0.3) is 0 Å². The number of hydrogen-bond acceptors (Lipinski definition) is 2.